The van der Waals surface area contributed by atoms with Gasteiger partial charge in [0.1, 0.15) is 12.1 Å². The highest BCUT2D eigenvalue weighted by atomic mass is 32.1. The van der Waals surface area contributed by atoms with Gasteiger partial charge in [-0.15, -0.1) is 11.3 Å². The minimum absolute atomic E-state index is 0.122. The Morgan fingerprint density at radius 2 is 1.49 bits per heavy atom. The largest absolute Gasteiger partial charge is 0.438 e. The monoisotopic (exact) mass is 912 g/mol. The lowest BCUT2D eigenvalue weighted by molar-refractivity contribution is -0.163. The lowest BCUT2D eigenvalue weighted by atomic mass is 9.95. The topological polar surface area (TPSA) is 162 Å². The van der Waals surface area contributed by atoms with Crippen LogP contribution in [0, 0.1) is 17.4 Å². The van der Waals surface area contributed by atoms with Crippen molar-refractivity contribution in [3.05, 3.63) is 82.0 Å². The zero-order valence-electron chi connectivity index (χ0n) is 36.4. The highest BCUT2D eigenvalue weighted by Crippen LogP contribution is 2.67. The first-order valence-electron chi connectivity index (χ1n) is 21.1. The number of thiophene rings is 1. The molecular weight excluding hydrogens is 858 g/mol. The molecule has 3 aliphatic heterocycles. The van der Waals surface area contributed by atoms with Crippen molar-refractivity contribution in [3.8, 4) is 0 Å². The molecular formula is C45H55F2N4O10PS. The van der Waals surface area contributed by atoms with Gasteiger partial charge in [0.05, 0.1) is 28.2 Å². The molecule has 1 N–H and O–H groups in total. The molecule has 3 aliphatic rings. The summed E-state index contributed by atoms with van der Waals surface area (Å²) >= 11 is 1.00. The number of esters is 2. The Morgan fingerprint density at radius 1 is 0.857 bits per heavy atom. The van der Waals surface area contributed by atoms with Crippen molar-refractivity contribution in [1.82, 2.24) is 15.1 Å². The number of ether oxygens (including phenoxy) is 2. The minimum Gasteiger partial charge on any atom is -0.438 e. The lowest BCUT2D eigenvalue weighted by Crippen LogP contribution is -2.56. The fourth-order valence-corrected chi connectivity index (χ4v) is 10.3. The Balaban J connectivity index is 1.19. The van der Waals surface area contributed by atoms with Crippen LogP contribution in [0.5, 0.6) is 0 Å². The third-order valence-electron chi connectivity index (χ3n) is 11.7. The van der Waals surface area contributed by atoms with E-state index >= 15 is 8.78 Å². The predicted molar refractivity (Wildman–Crippen MR) is 230 cm³/mol. The first-order valence-corrected chi connectivity index (χ1v) is 23.5. The Morgan fingerprint density at radius 3 is 2.11 bits per heavy atom. The van der Waals surface area contributed by atoms with E-state index in [1.54, 1.807) is 9.80 Å². The van der Waals surface area contributed by atoms with Crippen LogP contribution in [-0.2, 0) is 47.9 Å². The number of hydrogen-bond acceptors (Lipinski definition) is 11. The van der Waals surface area contributed by atoms with Crippen molar-refractivity contribution in [1.29, 1.82) is 0 Å². The second kappa shape index (κ2) is 19.2. The van der Waals surface area contributed by atoms with E-state index in [1.165, 1.54) is 53.7 Å². The average Bonchev–Trinajstić information content (AvgIpc) is 3.99. The number of rotatable bonds is 12. The minimum atomic E-state index is -5.59. The van der Waals surface area contributed by atoms with Gasteiger partial charge in [0.2, 0.25) is 31.4 Å². The van der Waals surface area contributed by atoms with E-state index in [1.807, 2.05) is 30.3 Å². The number of carbonyl (C=O) groups is 5. The zero-order valence-corrected chi connectivity index (χ0v) is 38.1. The number of hydrogen-bond donors (Lipinski definition) is 1. The van der Waals surface area contributed by atoms with E-state index < -0.39 is 79.2 Å². The third kappa shape index (κ3) is 10.6. The van der Waals surface area contributed by atoms with Crippen molar-refractivity contribution in [2.75, 3.05) is 26.7 Å². The maximum absolute atomic E-state index is 16.3. The number of fused-ring (bicyclic) bond motifs is 2. The van der Waals surface area contributed by atoms with Crippen molar-refractivity contribution < 1.29 is 55.8 Å². The molecule has 3 amide bonds. The molecule has 4 heterocycles. The van der Waals surface area contributed by atoms with E-state index in [-0.39, 0.29) is 40.6 Å². The summed E-state index contributed by atoms with van der Waals surface area (Å²) in [4.78, 5) is 74.6. The van der Waals surface area contributed by atoms with E-state index in [0.29, 0.717) is 36.9 Å². The number of carbonyl (C=O) groups excluding carboxylic acids is 5. The summed E-state index contributed by atoms with van der Waals surface area (Å²) in [5, 5.41) is 3.07. The molecule has 63 heavy (non-hydrogen) atoms. The summed E-state index contributed by atoms with van der Waals surface area (Å²) in [6, 6.07) is 12.1. The van der Waals surface area contributed by atoms with Gasteiger partial charge in [-0.3, -0.25) is 37.6 Å². The van der Waals surface area contributed by atoms with Crippen molar-refractivity contribution in [2.45, 2.75) is 122 Å². The molecule has 0 saturated carbocycles. The number of amides is 3. The number of alkyl halides is 2. The Labute approximate surface area is 370 Å². The third-order valence-corrected chi connectivity index (χ3v) is 14.6. The van der Waals surface area contributed by atoms with Crippen LogP contribution in [0.15, 0.2) is 54.6 Å². The SMILES string of the molecule is [C-]#[N+][C@@H]1CN(C(=O)[C@@H]2CC[C@@H]3CCCCC[C@H](NC(=O)c4cc5cc(C(F)(F)P(=O)(OCOC(=O)C(C)(C)C)OCOC(=O)C(C)(C)C)ccc5s4)C(=O)N32)C[C@H]1c1ccccc1. The molecule has 340 valence electrons. The van der Waals surface area contributed by atoms with E-state index in [4.69, 9.17) is 25.1 Å². The maximum Gasteiger partial charge on any atom is 0.410 e. The van der Waals surface area contributed by atoms with Gasteiger partial charge in [-0.25, -0.2) is 6.57 Å². The molecule has 1 aromatic heterocycles. The molecule has 5 atom stereocenters. The molecule has 18 heteroatoms. The molecule has 2 aromatic carbocycles. The summed E-state index contributed by atoms with van der Waals surface area (Å²) in [6.45, 7) is 15.3. The van der Waals surface area contributed by atoms with Crippen LogP contribution in [0.2, 0.25) is 0 Å². The molecule has 3 fully saturated rings. The number of halogens is 2. The van der Waals surface area contributed by atoms with Crippen molar-refractivity contribution in [2.24, 2.45) is 10.8 Å². The zero-order chi connectivity index (χ0) is 45.9. The summed E-state index contributed by atoms with van der Waals surface area (Å²) < 4.78 is 66.9. The van der Waals surface area contributed by atoms with Crippen LogP contribution in [0.4, 0.5) is 8.78 Å². The van der Waals surface area contributed by atoms with E-state index in [9.17, 15) is 28.5 Å². The molecule has 0 unspecified atom stereocenters. The Bertz CT molecular complexity index is 2250. The fraction of sp³-hybridized carbons (Fsp3) is 0.556. The standard InChI is InChI=1S/C45H55F2N4O10PS/c1-43(2,3)41(55)58-26-60-62(57,61-27-59-42(56)44(4,5)6)45(46,47)30-18-21-36-29(22-30)23-37(63-36)38(52)49-33-17-13-9-12-16-31-19-20-35(51(31)39(33)53)40(54)50-24-32(34(25-50)48-7)28-14-10-8-11-15-28/h8,10-11,14-15,18,21-23,31-35H,9,12-13,16-17,19-20,24-27H2,1-6H3,(H,49,52)/t31-,32-,33-,34+,35-/m0/s1. The average molecular weight is 913 g/mol. The Kier molecular flexibility index (Phi) is 14.5. The summed E-state index contributed by atoms with van der Waals surface area (Å²) in [7, 11) is -5.59. The van der Waals surface area contributed by atoms with E-state index in [2.05, 4.69) is 10.2 Å². The molecule has 3 aromatic rings. The number of benzene rings is 2. The molecule has 0 aliphatic carbocycles. The number of likely N-dealkylation sites (tertiary alicyclic amines) is 1. The van der Waals surface area contributed by atoms with Crippen LogP contribution in [0.3, 0.4) is 0 Å². The van der Waals surface area contributed by atoms with Crippen molar-refractivity contribution >= 4 is 58.7 Å². The molecule has 3 saturated heterocycles. The lowest BCUT2D eigenvalue weighted by Gasteiger charge is -2.34. The van der Waals surface area contributed by atoms with Gasteiger partial charge >= 0.3 is 25.2 Å². The fourth-order valence-electron chi connectivity index (χ4n) is 8.08. The normalized spacial score (nSPS) is 22.4. The quantitative estimate of drug-likeness (QED) is 0.0806. The van der Waals surface area contributed by atoms with E-state index in [0.717, 1.165) is 48.3 Å². The van der Waals surface area contributed by atoms with Gasteiger partial charge in [0, 0.05) is 22.8 Å². The van der Waals surface area contributed by atoms with Gasteiger partial charge in [-0.2, -0.15) is 8.78 Å². The molecule has 0 bridgehead atoms. The molecule has 6 rings (SSSR count). The summed E-state index contributed by atoms with van der Waals surface area (Å²) in [5.74, 6) is -2.94. The maximum atomic E-state index is 16.3. The molecule has 0 spiro atoms. The van der Waals surface area contributed by atoms with Crippen LogP contribution in [0.1, 0.15) is 113 Å². The highest BCUT2D eigenvalue weighted by Gasteiger charge is 2.56. The second-order valence-electron chi connectivity index (χ2n) is 18.4. The number of nitrogens with zero attached hydrogens (tertiary/aromatic N) is 3. The van der Waals surface area contributed by atoms with Gasteiger partial charge in [-0.1, -0.05) is 55.7 Å². The van der Waals surface area contributed by atoms with Crippen LogP contribution in [0.25, 0.3) is 14.9 Å². The van der Waals surface area contributed by atoms with Crippen molar-refractivity contribution in [3.63, 3.8) is 0 Å². The number of nitrogens with one attached hydrogen (secondary N) is 1. The van der Waals surface area contributed by atoms with Crippen LogP contribution in [-0.4, -0.2) is 90.3 Å². The van der Waals surface area contributed by atoms with Gasteiger partial charge < -0.3 is 29.4 Å². The smallest absolute Gasteiger partial charge is 0.410 e. The second-order valence-corrected chi connectivity index (χ2v) is 21.5. The summed E-state index contributed by atoms with van der Waals surface area (Å²) in [6.07, 6.45) is 4.52. The summed E-state index contributed by atoms with van der Waals surface area (Å²) in [5.41, 5.74) is -6.26. The first kappa shape index (κ1) is 47.7. The van der Waals surface area contributed by atoms with Gasteiger partial charge in [0.15, 0.2) is 0 Å². The highest BCUT2D eigenvalue weighted by molar-refractivity contribution is 7.54. The van der Waals surface area contributed by atoms with Gasteiger partial charge in [-0.05, 0) is 96.4 Å². The van der Waals surface area contributed by atoms with Crippen LogP contribution >= 0.6 is 18.9 Å². The molecule has 14 nitrogen and oxygen atoms in total. The predicted octanol–water partition coefficient (Wildman–Crippen LogP) is 8.61. The molecule has 0 radical (unpaired) electrons. The Hall–Kier alpha value is -4.75. The van der Waals surface area contributed by atoms with Crippen LogP contribution < -0.4 is 5.32 Å². The first-order chi connectivity index (χ1) is 29.6. The van der Waals surface area contributed by atoms with Gasteiger partial charge in [0.25, 0.3) is 5.91 Å².